The van der Waals surface area contributed by atoms with Crippen molar-refractivity contribution in [3.05, 3.63) is 83.9 Å². The Kier molecular flexibility index (Phi) is 5.89. The molecule has 1 heterocycles. The maximum absolute atomic E-state index is 13.3. The predicted molar refractivity (Wildman–Crippen MR) is 120 cm³/mol. The van der Waals surface area contributed by atoms with Crippen LogP contribution in [0.3, 0.4) is 0 Å². The number of carbonyl (C=O) groups is 2. The van der Waals surface area contributed by atoms with Gasteiger partial charge in [0.1, 0.15) is 5.75 Å². The summed E-state index contributed by atoms with van der Waals surface area (Å²) in [5.41, 5.74) is 3.00. The van der Waals surface area contributed by atoms with Crippen LogP contribution in [-0.4, -0.2) is 55.2 Å². The molecule has 1 aliphatic heterocycles. The van der Waals surface area contributed by atoms with E-state index in [1.165, 1.54) is 0 Å². The second-order valence-corrected chi connectivity index (χ2v) is 7.37. The number of aromatic carboxylic acids is 1. The molecule has 0 unspecified atom stereocenters. The van der Waals surface area contributed by atoms with Gasteiger partial charge in [0, 0.05) is 37.4 Å². The SMILES string of the molecule is COc1ccc(N2CCN(C(=O)c3ccccc3-c3ccccc3C(=O)O)CC2)cc1. The van der Waals surface area contributed by atoms with Gasteiger partial charge in [0.15, 0.2) is 0 Å². The van der Waals surface area contributed by atoms with E-state index in [1.807, 2.05) is 47.4 Å². The van der Waals surface area contributed by atoms with Gasteiger partial charge in [-0.05, 0) is 47.5 Å². The molecule has 6 heteroatoms. The van der Waals surface area contributed by atoms with Crippen molar-refractivity contribution < 1.29 is 19.4 Å². The Morgan fingerprint density at radius 3 is 1.90 bits per heavy atom. The molecular weight excluding hydrogens is 392 g/mol. The Balaban J connectivity index is 1.53. The van der Waals surface area contributed by atoms with Crippen molar-refractivity contribution in [1.82, 2.24) is 4.90 Å². The average molecular weight is 416 g/mol. The lowest BCUT2D eigenvalue weighted by Crippen LogP contribution is -2.48. The van der Waals surface area contributed by atoms with Crippen LogP contribution in [0.25, 0.3) is 11.1 Å². The lowest BCUT2D eigenvalue weighted by Gasteiger charge is -2.36. The van der Waals surface area contributed by atoms with Crippen LogP contribution in [0.1, 0.15) is 20.7 Å². The van der Waals surface area contributed by atoms with E-state index in [0.29, 0.717) is 29.8 Å². The first kappa shape index (κ1) is 20.5. The van der Waals surface area contributed by atoms with Crippen molar-refractivity contribution in [2.45, 2.75) is 0 Å². The van der Waals surface area contributed by atoms with Crippen molar-refractivity contribution in [2.75, 3.05) is 38.2 Å². The van der Waals surface area contributed by atoms with E-state index in [4.69, 9.17) is 4.74 Å². The lowest BCUT2D eigenvalue weighted by atomic mass is 9.94. The zero-order valence-electron chi connectivity index (χ0n) is 17.3. The highest BCUT2D eigenvalue weighted by molar-refractivity contribution is 6.04. The zero-order chi connectivity index (χ0) is 21.8. The lowest BCUT2D eigenvalue weighted by molar-refractivity contribution is 0.0695. The van der Waals surface area contributed by atoms with Gasteiger partial charge in [-0.2, -0.15) is 0 Å². The molecule has 1 fully saturated rings. The number of hydrogen-bond donors (Lipinski definition) is 1. The van der Waals surface area contributed by atoms with Crippen LogP contribution in [0.15, 0.2) is 72.8 Å². The van der Waals surface area contributed by atoms with Crippen molar-refractivity contribution >= 4 is 17.6 Å². The summed E-state index contributed by atoms with van der Waals surface area (Å²) in [6.45, 7) is 2.65. The summed E-state index contributed by atoms with van der Waals surface area (Å²) < 4.78 is 5.22. The molecule has 1 amide bonds. The molecule has 31 heavy (non-hydrogen) atoms. The fraction of sp³-hybridized carbons (Fsp3) is 0.200. The van der Waals surface area contributed by atoms with Gasteiger partial charge >= 0.3 is 5.97 Å². The summed E-state index contributed by atoms with van der Waals surface area (Å²) in [7, 11) is 1.64. The third kappa shape index (κ3) is 4.23. The van der Waals surface area contributed by atoms with Gasteiger partial charge in [-0.15, -0.1) is 0 Å². The monoisotopic (exact) mass is 416 g/mol. The Labute approximate surface area is 181 Å². The largest absolute Gasteiger partial charge is 0.497 e. The van der Waals surface area contributed by atoms with Gasteiger partial charge in [-0.25, -0.2) is 4.79 Å². The molecule has 1 N–H and O–H groups in total. The Morgan fingerprint density at radius 2 is 1.32 bits per heavy atom. The first-order valence-corrected chi connectivity index (χ1v) is 10.2. The summed E-state index contributed by atoms with van der Waals surface area (Å²) in [6.07, 6.45) is 0. The third-order valence-corrected chi connectivity index (χ3v) is 5.61. The minimum Gasteiger partial charge on any atom is -0.497 e. The number of nitrogens with zero attached hydrogens (tertiary/aromatic N) is 2. The van der Waals surface area contributed by atoms with Crippen molar-refractivity contribution in [3.8, 4) is 16.9 Å². The van der Waals surface area contributed by atoms with Gasteiger partial charge in [-0.1, -0.05) is 36.4 Å². The van der Waals surface area contributed by atoms with Crippen LogP contribution < -0.4 is 9.64 Å². The molecule has 3 aromatic rings. The standard InChI is InChI=1S/C25H24N2O4/c1-31-19-12-10-18(11-13-19)26-14-16-27(17-15-26)24(28)22-8-4-2-6-20(22)21-7-3-5-9-23(21)25(29)30/h2-13H,14-17H2,1H3,(H,29,30). The maximum Gasteiger partial charge on any atom is 0.336 e. The van der Waals surface area contributed by atoms with E-state index in [2.05, 4.69) is 4.90 Å². The number of piperazine rings is 1. The molecule has 1 aliphatic rings. The molecule has 0 aromatic heterocycles. The predicted octanol–water partition coefficient (Wildman–Crippen LogP) is 4.02. The van der Waals surface area contributed by atoms with Gasteiger partial charge in [0.05, 0.1) is 12.7 Å². The van der Waals surface area contributed by atoms with Crippen molar-refractivity contribution in [2.24, 2.45) is 0 Å². The third-order valence-electron chi connectivity index (χ3n) is 5.61. The fourth-order valence-corrected chi connectivity index (χ4v) is 3.94. The zero-order valence-corrected chi connectivity index (χ0v) is 17.3. The maximum atomic E-state index is 13.3. The number of rotatable bonds is 5. The summed E-state index contributed by atoms with van der Waals surface area (Å²) >= 11 is 0. The van der Waals surface area contributed by atoms with Gasteiger partial charge in [0.25, 0.3) is 5.91 Å². The van der Waals surface area contributed by atoms with E-state index < -0.39 is 5.97 Å². The molecule has 1 saturated heterocycles. The number of benzene rings is 3. The first-order valence-electron chi connectivity index (χ1n) is 10.2. The molecule has 0 spiro atoms. The highest BCUT2D eigenvalue weighted by Crippen LogP contribution is 2.29. The van der Waals surface area contributed by atoms with Crippen LogP contribution in [0.5, 0.6) is 5.75 Å². The number of hydrogen-bond acceptors (Lipinski definition) is 4. The minimum atomic E-state index is -1.01. The molecule has 0 atom stereocenters. The molecule has 6 nitrogen and oxygen atoms in total. The topological polar surface area (TPSA) is 70.1 Å². The normalized spacial score (nSPS) is 13.7. The highest BCUT2D eigenvalue weighted by Gasteiger charge is 2.25. The van der Waals surface area contributed by atoms with Crippen molar-refractivity contribution in [3.63, 3.8) is 0 Å². The number of carboxylic acids is 1. The van der Waals surface area contributed by atoms with Gasteiger partial charge in [-0.3, -0.25) is 4.79 Å². The summed E-state index contributed by atoms with van der Waals surface area (Å²) in [5, 5.41) is 9.57. The summed E-state index contributed by atoms with van der Waals surface area (Å²) in [6, 6.07) is 21.9. The number of methoxy groups -OCH3 is 1. The van der Waals surface area contributed by atoms with Crippen LogP contribution in [-0.2, 0) is 0 Å². The fourth-order valence-electron chi connectivity index (χ4n) is 3.94. The minimum absolute atomic E-state index is 0.0785. The number of carboxylic acid groups (broad SMARTS) is 1. The second-order valence-electron chi connectivity index (χ2n) is 7.37. The van der Waals surface area contributed by atoms with Gasteiger partial charge in [0.2, 0.25) is 0 Å². The Bertz CT molecular complexity index is 1090. The number of ether oxygens (including phenoxy) is 1. The molecule has 158 valence electrons. The smallest absolute Gasteiger partial charge is 0.336 e. The summed E-state index contributed by atoms with van der Waals surface area (Å²) in [5.74, 6) is -0.271. The molecule has 3 aromatic carbocycles. The van der Waals surface area contributed by atoms with Crippen LogP contribution >= 0.6 is 0 Å². The van der Waals surface area contributed by atoms with Gasteiger partial charge < -0.3 is 19.6 Å². The average Bonchev–Trinajstić information content (AvgIpc) is 2.84. The number of carbonyl (C=O) groups excluding carboxylic acids is 1. The second kappa shape index (κ2) is 8.92. The molecular formula is C25H24N2O4. The quantitative estimate of drug-likeness (QED) is 0.680. The van der Waals surface area contributed by atoms with E-state index in [1.54, 1.807) is 37.4 Å². The first-order chi connectivity index (χ1) is 15.1. The molecule has 0 radical (unpaired) electrons. The van der Waals surface area contributed by atoms with E-state index in [0.717, 1.165) is 24.5 Å². The molecule has 0 saturated carbocycles. The number of anilines is 1. The van der Waals surface area contributed by atoms with Crippen LogP contribution in [0.2, 0.25) is 0 Å². The van der Waals surface area contributed by atoms with E-state index in [9.17, 15) is 14.7 Å². The van der Waals surface area contributed by atoms with Crippen LogP contribution in [0, 0.1) is 0 Å². The van der Waals surface area contributed by atoms with Crippen molar-refractivity contribution in [1.29, 1.82) is 0 Å². The number of amides is 1. The highest BCUT2D eigenvalue weighted by atomic mass is 16.5. The molecule has 0 bridgehead atoms. The van der Waals surface area contributed by atoms with E-state index in [-0.39, 0.29) is 11.5 Å². The Hall–Kier alpha value is -3.80. The summed E-state index contributed by atoms with van der Waals surface area (Å²) in [4.78, 5) is 29.1. The molecule has 4 rings (SSSR count). The van der Waals surface area contributed by atoms with Crippen LogP contribution in [0.4, 0.5) is 5.69 Å². The van der Waals surface area contributed by atoms with E-state index >= 15 is 0 Å². The Morgan fingerprint density at radius 1 is 0.774 bits per heavy atom. The molecule has 0 aliphatic carbocycles.